The van der Waals surface area contributed by atoms with Gasteiger partial charge in [0.25, 0.3) is 5.91 Å². The van der Waals surface area contributed by atoms with Crippen molar-refractivity contribution in [2.24, 2.45) is 0 Å². The molecule has 0 N–H and O–H groups in total. The van der Waals surface area contributed by atoms with Crippen LogP contribution in [0.25, 0.3) is 0 Å². The van der Waals surface area contributed by atoms with Crippen LogP contribution in [0.1, 0.15) is 36.7 Å². The molecule has 0 saturated heterocycles. The first-order chi connectivity index (χ1) is 14.5. The summed E-state index contributed by atoms with van der Waals surface area (Å²) in [6.07, 6.45) is 0. The lowest BCUT2D eigenvalue weighted by Crippen LogP contribution is -2.34. The van der Waals surface area contributed by atoms with Gasteiger partial charge in [0.1, 0.15) is 0 Å². The van der Waals surface area contributed by atoms with E-state index >= 15 is 0 Å². The zero-order valence-electron chi connectivity index (χ0n) is 17.7. The zero-order chi connectivity index (χ0) is 21.5. The molecule has 7 heteroatoms. The summed E-state index contributed by atoms with van der Waals surface area (Å²) in [6.45, 7) is 8.66. The van der Waals surface area contributed by atoms with Gasteiger partial charge in [-0.2, -0.15) is 0 Å². The monoisotopic (exact) mass is 412 g/mol. The molecular formula is C23H28N2O5. The fourth-order valence-electron chi connectivity index (χ4n) is 3.34. The van der Waals surface area contributed by atoms with Gasteiger partial charge in [0.2, 0.25) is 6.79 Å². The Morgan fingerprint density at radius 3 is 2.30 bits per heavy atom. The summed E-state index contributed by atoms with van der Waals surface area (Å²) >= 11 is 0. The van der Waals surface area contributed by atoms with Gasteiger partial charge in [-0.05, 0) is 62.7 Å². The van der Waals surface area contributed by atoms with E-state index in [-0.39, 0.29) is 19.3 Å². The van der Waals surface area contributed by atoms with Gasteiger partial charge in [-0.3, -0.25) is 4.79 Å². The largest absolute Gasteiger partial charge is 0.454 e. The number of carbonyl (C=O) groups is 2. The van der Waals surface area contributed by atoms with Crippen LogP contribution in [0.3, 0.4) is 0 Å². The highest BCUT2D eigenvalue weighted by atomic mass is 16.7. The minimum atomic E-state index is -0.506. The highest BCUT2D eigenvalue weighted by Gasteiger charge is 2.18. The molecule has 160 valence electrons. The molecule has 3 rings (SSSR count). The van der Waals surface area contributed by atoms with E-state index in [0.29, 0.717) is 30.2 Å². The molecule has 0 bridgehead atoms. The number of hydrogen-bond donors (Lipinski definition) is 0. The predicted octanol–water partition coefficient (Wildman–Crippen LogP) is 3.47. The van der Waals surface area contributed by atoms with E-state index in [4.69, 9.17) is 14.2 Å². The SMILES string of the molecule is CCN(Cc1ccc2c(c1)OCO2)C(=O)COC(=O)c1ccc(N(CC)CC)cc1. The van der Waals surface area contributed by atoms with Gasteiger partial charge in [-0.25, -0.2) is 4.79 Å². The number of rotatable bonds is 9. The second-order valence-corrected chi connectivity index (χ2v) is 6.89. The Hall–Kier alpha value is -3.22. The average Bonchev–Trinajstić information content (AvgIpc) is 3.24. The quantitative estimate of drug-likeness (QED) is 0.588. The van der Waals surface area contributed by atoms with Gasteiger partial charge in [0.05, 0.1) is 5.56 Å². The molecule has 0 radical (unpaired) electrons. The van der Waals surface area contributed by atoms with Crippen LogP contribution in [0, 0.1) is 0 Å². The van der Waals surface area contributed by atoms with E-state index in [1.807, 2.05) is 37.3 Å². The number of nitrogens with zero attached hydrogens (tertiary/aromatic N) is 2. The third kappa shape index (κ3) is 5.03. The van der Waals surface area contributed by atoms with Crippen LogP contribution in [0.4, 0.5) is 5.69 Å². The van der Waals surface area contributed by atoms with Gasteiger partial charge in [0.15, 0.2) is 18.1 Å². The van der Waals surface area contributed by atoms with E-state index in [0.717, 1.165) is 24.3 Å². The van der Waals surface area contributed by atoms with Crippen molar-refractivity contribution < 1.29 is 23.8 Å². The number of benzene rings is 2. The van der Waals surface area contributed by atoms with Crippen molar-refractivity contribution in [2.45, 2.75) is 27.3 Å². The highest BCUT2D eigenvalue weighted by Crippen LogP contribution is 2.32. The van der Waals surface area contributed by atoms with Crippen LogP contribution in [-0.2, 0) is 16.1 Å². The molecule has 7 nitrogen and oxygen atoms in total. The number of hydrogen-bond acceptors (Lipinski definition) is 6. The molecule has 2 aromatic rings. The lowest BCUT2D eigenvalue weighted by Gasteiger charge is -2.21. The Kier molecular flexibility index (Phi) is 7.17. The van der Waals surface area contributed by atoms with E-state index in [1.165, 1.54) is 0 Å². The van der Waals surface area contributed by atoms with E-state index in [1.54, 1.807) is 17.0 Å². The van der Waals surface area contributed by atoms with Crippen LogP contribution in [0.2, 0.25) is 0 Å². The zero-order valence-corrected chi connectivity index (χ0v) is 17.7. The maximum atomic E-state index is 12.6. The number of likely N-dealkylation sites (N-methyl/N-ethyl adjacent to an activating group) is 1. The minimum absolute atomic E-state index is 0.209. The molecule has 1 aliphatic rings. The number of carbonyl (C=O) groups excluding carboxylic acids is 2. The van der Waals surface area contributed by atoms with E-state index < -0.39 is 5.97 Å². The van der Waals surface area contributed by atoms with Crippen molar-refractivity contribution in [3.05, 3.63) is 53.6 Å². The van der Waals surface area contributed by atoms with Crippen LogP contribution >= 0.6 is 0 Å². The second kappa shape index (κ2) is 10.0. The maximum absolute atomic E-state index is 12.6. The summed E-state index contributed by atoms with van der Waals surface area (Å²) < 4.78 is 15.9. The number of amides is 1. The van der Waals surface area contributed by atoms with Gasteiger partial charge >= 0.3 is 5.97 Å². The number of anilines is 1. The van der Waals surface area contributed by atoms with E-state index in [9.17, 15) is 9.59 Å². The van der Waals surface area contributed by atoms with Crippen molar-refractivity contribution in [3.63, 3.8) is 0 Å². The molecule has 2 aromatic carbocycles. The third-order valence-corrected chi connectivity index (χ3v) is 5.10. The van der Waals surface area contributed by atoms with Crippen LogP contribution in [-0.4, -0.2) is 49.8 Å². The molecule has 30 heavy (non-hydrogen) atoms. The molecule has 0 saturated carbocycles. The maximum Gasteiger partial charge on any atom is 0.338 e. The van der Waals surface area contributed by atoms with Crippen LogP contribution in [0.15, 0.2) is 42.5 Å². The summed E-state index contributed by atoms with van der Waals surface area (Å²) in [5, 5.41) is 0. The summed E-state index contributed by atoms with van der Waals surface area (Å²) in [4.78, 5) is 28.7. The van der Waals surface area contributed by atoms with Crippen molar-refractivity contribution >= 4 is 17.6 Å². The van der Waals surface area contributed by atoms with Crippen LogP contribution < -0.4 is 14.4 Å². The molecule has 0 atom stereocenters. The highest BCUT2D eigenvalue weighted by molar-refractivity contribution is 5.91. The first-order valence-electron chi connectivity index (χ1n) is 10.2. The lowest BCUT2D eigenvalue weighted by molar-refractivity contribution is -0.134. The fourth-order valence-corrected chi connectivity index (χ4v) is 3.34. The summed E-state index contributed by atoms with van der Waals surface area (Å²) in [5.41, 5.74) is 2.40. The van der Waals surface area contributed by atoms with Crippen molar-refractivity contribution in [1.82, 2.24) is 4.90 Å². The number of esters is 1. The smallest absolute Gasteiger partial charge is 0.338 e. The fraction of sp³-hybridized carbons (Fsp3) is 0.391. The Bertz CT molecular complexity index is 878. The molecular weight excluding hydrogens is 384 g/mol. The third-order valence-electron chi connectivity index (χ3n) is 5.10. The molecule has 0 spiro atoms. The Morgan fingerprint density at radius 1 is 0.933 bits per heavy atom. The summed E-state index contributed by atoms with van der Waals surface area (Å²) in [5.74, 6) is 0.626. The first kappa shape index (κ1) is 21.5. The number of fused-ring (bicyclic) bond motifs is 1. The molecule has 0 unspecified atom stereocenters. The first-order valence-corrected chi connectivity index (χ1v) is 10.2. The van der Waals surface area contributed by atoms with Crippen molar-refractivity contribution in [2.75, 3.05) is 37.9 Å². The van der Waals surface area contributed by atoms with E-state index in [2.05, 4.69) is 18.7 Å². The predicted molar refractivity (Wildman–Crippen MR) is 114 cm³/mol. The lowest BCUT2D eigenvalue weighted by atomic mass is 10.2. The Labute approximate surface area is 177 Å². The van der Waals surface area contributed by atoms with Crippen molar-refractivity contribution in [1.29, 1.82) is 0 Å². The van der Waals surface area contributed by atoms with Gasteiger partial charge < -0.3 is 24.0 Å². The molecule has 1 heterocycles. The minimum Gasteiger partial charge on any atom is -0.454 e. The van der Waals surface area contributed by atoms with Crippen LogP contribution in [0.5, 0.6) is 11.5 Å². The molecule has 0 aliphatic carbocycles. The van der Waals surface area contributed by atoms with Gasteiger partial charge in [-0.1, -0.05) is 6.07 Å². The normalized spacial score (nSPS) is 11.8. The topological polar surface area (TPSA) is 68.3 Å². The average molecular weight is 412 g/mol. The molecule has 0 fully saturated rings. The number of ether oxygens (including phenoxy) is 3. The Balaban J connectivity index is 1.54. The molecule has 0 aromatic heterocycles. The Morgan fingerprint density at radius 2 is 1.63 bits per heavy atom. The molecule has 1 aliphatic heterocycles. The van der Waals surface area contributed by atoms with Gasteiger partial charge in [0, 0.05) is 31.9 Å². The standard InChI is InChI=1S/C23H28N2O5/c1-4-24(5-2)19-10-8-18(9-11-19)23(27)28-15-22(26)25(6-3)14-17-7-12-20-21(13-17)30-16-29-20/h7-13H,4-6,14-16H2,1-3H3. The van der Waals surface area contributed by atoms with Gasteiger partial charge in [-0.15, -0.1) is 0 Å². The molecule has 1 amide bonds. The summed E-state index contributed by atoms with van der Waals surface area (Å²) in [6, 6.07) is 12.8. The van der Waals surface area contributed by atoms with Crippen molar-refractivity contribution in [3.8, 4) is 11.5 Å². The second-order valence-electron chi connectivity index (χ2n) is 6.89. The summed E-state index contributed by atoms with van der Waals surface area (Å²) in [7, 11) is 0.